The van der Waals surface area contributed by atoms with Crippen LogP contribution in [-0.2, 0) is 0 Å². The Bertz CT molecular complexity index is 3310. The molecule has 0 radical (unpaired) electrons. The third kappa shape index (κ3) is 6.64. The molecule has 0 saturated carbocycles. The Morgan fingerprint density at radius 3 is 1.50 bits per heavy atom. The van der Waals surface area contributed by atoms with Crippen LogP contribution in [0.25, 0.3) is 88.7 Å². The van der Waals surface area contributed by atoms with Crippen molar-refractivity contribution in [3.05, 3.63) is 253 Å². The summed E-state index contributed by atoms with van der Waals surface area (Å²) >= 11 is 0. The second-order valence-electron chi connectivity index (χ2n) is 17.6. The third-order valence-corrected chi connectivity index (χ3v) is 13.8. The number of benzene rings is 9. The number of nitrogens with zero attached hydrogens (tertiary/aromatic N) is 1. The fraction of sp³-hybridized carbons (Fsp3) is 0.0794. The van der Waals surface area contributed by atoms with Gasteiger partial charge >= 0.3 is 0 Å². The molecular weight excluding hydrogens is 771 g/mol. The van der Waals surface area contributed by atoms with Gasteiger partial charge in [0.2, 0.25) is 0 Å². The van der Waals surface area contributed by atoms with Crippen LogP contribution in [0.1, 0.15) is 48.3 Å². The van der Waals surface area contributed by atoms with Crippen molar-refractivity contribution >= 4 is 27.4 Å². The summed E-state index contributed by atoms with van der Waals surface area (Å²) in [5, 5.41) is 2.52. The van der Waals surface area contributed by atoms with E-state index in [9.17, 15) is 0 Å². The van der Waals surface area contributed by atoms with Gasteiger partial charge in [0.05, 0.1) is 11.0 Å². The van der Waals surface area contributed by atoms with Crippen LogP contribution in [0.5, 0.6) is 0 Å². The van der Waals surface area contributed by atoms with Crippen molar-refractivity contribution in [2.24, 2.45) is 0 Å². The highest BCUT2D eigenvalue weighted by molar-refractivity contribution is 6.10. The minimum atomic E-state index is 0.287. The number of allylic oxidation sites excluding steroid dienone is 4. The van der Waals surface area contributed by atoms with Gasteiger partial charge in [0, 0.05) is 22.4 Å². The predicted octanol–water partition coefficient (Wildman–Crippen LogP) is 17.1. The molecular formula is C63H47N. The molecule has 64 heavy (non-hydrogen) atoms. The first-order valence-electron chi connectivity index (χ1n) is 22.7. The number of para-hydroxylation sites is 1. The van der Waals surface area contributed by atoms with Gasteiger partial charge in [0.15, 0.2) is 0 Å². The summed E-state index contributed by atoms with van der Waals surface area (Å²) in [7, 11) is 0. The highest BCUT2D eigenvalue weighted by Crippen LogP contribution is 2.53. The molecule has 2 atom stereocenters. The van der Waals surface area contributed by atoms with Crippen molar-refractivity contribution in [1.82, 2.24) is 4.57 Å². The molecule has 0 aliphatic heterocycles. The summed E-state index contributed by atoms with van der Waals surface area (Å²) < 4.78 is 2.46. The minimum Gasteiger partial charge on any atom is -0.309 e. The second kappa shape index (κ2) is 15.9. The van der Waals surface area contributed by atoms with Crippen LogP contribution >= 0.6 is 0 Å². The maximum absolute atomic E-state index is 2.48. The number of rotatable bonds is 7. The number of hydrogen-bond donors (Lipinski definition) is 0. The number of fused-ring (bicyclic) bond motifs is 5. The molecule has 0 amide bonds. The largest absolute Gasteiger partial charge is 0.309 e. The maximum atomic E-state index is 2.48. The van der Waals surface area contributed by atoms with Gasteiger partial charge in [0.1, 0.15) is 0 Å². The fourth-order valence-electron chi connectivity index (χ4n) is 10.8. The van der Waals surface area contributed by atoms with E-state index in [0.29, 0.717) is 5.92 Å². The Kier molecular flexibility index (Phi) is 9.42. The summed E-state index contributed by atoms with van der Waals surface area (Å²) in [5.41, 5.74) is 23.1. The zero-order valence-corrected chi connectivity index (χ0v) is 36.0. The molecule has 0 N–H and O–H groups in total. The Labute approximate surface area is 376 Å². The van der Waals surface area contributed by atoms with E-state index in [-0.39, 0.29) is 5.92 Å². The van der Waals surface area contributed by atoms with Gasteiger partial charge < -0.3 is 4.57 Å². The van der Waals surface area contributed by atoms with Crippen molar-refractivity contribution < 1.29 is 0 Å². The molecule has 10 aromatic rings. The average molecular weight is 818 g/mol. The lowest BCUT2D eigenvalue weighted by atomic mass is 9.66. The molecule has 1 nitrogen and oxygen atoms in total. The molecule has 304 valence electrons. The van der Waals surface area contributed by atoms with Crippen LogP contribution in [0.15, 0.2) is 236 Å². The third-order valence-electron chi connectivity index (χ3n) is 13.8. The lowest BCUT2D eigenvalue weighted by molar-refractivity contribution is 0.611. The smallest absolute Gasteiger partial charge is 0.0541 e. The molecule has 2 unspecified atom stereocenters. The first kappa shape index (κ1) is 38.0. The van der Waals surface area contributed by atoms with Gasteiger partial charge in [0.25, 0.3) is 0 Å². The lowest BCUT2D eigenvalue weighted by Crippen LogP contribution is -2.20. The van der Waals surface area contributed by atoms with Gasteiger partial charge in [-0.25, -0.2) is 0 Å². The predicted molar refractivity (Wildman–Crippen MR) is 271 cm³/mol. The standard InChI is InChI=1S/C63H47N/c1-42-55-32-30-47(40-59(55)56-26-14-15-28-58(56)63(42)53-36-49(43-18-6-2-7-19-43)34-50(37-53)44-20-8-3-9-21-44)48-31-33-62-60(41-48)57-27-16-17-29-61(57)64(62)54-38-51(45-22-10-4-11-23-45)35-52(39-54)46-24-12-5-13-25-46/h2-14,16-27,29-42,63H,15,28H2,1H3. The monoisotopic (exact) mass is 817 g/mol. The highest BCUT2D eigenvalue weighted by Gasteiger charge is 2.34. The van der Waals surface area contributed by atoms with Crippen LogP contribution in [0.4, 0.5) is 0 Å². The summed E-state index contributed by atoms with van der Waals surface area (Å²) in [4.78, 5) is 0. The summed E-state index contributed by atoms with van der Waals surface area (Å²) in [6.07, 6.45) is 6.95. The highest BCUT2D eigenvalue weighted by atomic mass is 15.0. The van der Waals surface area contributed by atoms with Crippen LogP contribution in [0.2, 0.25) is 0 Å². The second-order valence-corrected chi connectivity index (χ2v) is 17.6. The SMILES string of the molecule is CC1c2ccc(-c3ccc4c(c3)c3ccccc3n4-c3cc(-c4ccccc4)cc(-c4ccccc4)c3)cc2C2=C(CCC=C2)C1c1cc(-c2ccccc2)cc(-c2ccccc2)c1. The van der Waals surface area contributed by atoms with E-state index in [1.54, 1.807) is 5.57 Å². The van der Waals surface area contributed by atoms with Gasteiger partial charge in [-0.05, 0) is 145 Å². The molecule has 0 saturated heterocycles. The number of hydrogen-bond acceptors (Lipinski definition) is 0. The van der Waals surface area contributed by atoms with Gasteiger partial charge in [-0.2, -0.15) is 0 Å². The average Bonchev–Trinajstić information content (AvgIpc) is 3.71. The molecule has 0 fully saturated rings. The van der Waals surface area contributed by atoms with Gasteiger partial charge in [-0.1, -0.05) is 195 Å². The van der Waals surface area contributed by atoms with Crippen LogP contribution < -0.4 is 0 Å². The van der Waals surface area contributed by atoms with Crippen molar-refractivity contribution in [3.8, 4) is 61.3 Å². The van der Waals surface area contributed by atoms with Crippen molar-refractivity contribution in [2.45, 2.75) is 31.6 Å². The first-order valence-corrected chi connectivity index (χ1v) is 22.7. The topological polar surface area (TPSA) is 4.93 Å². The van der Waals surface area contributed by atoms with E-state index in [2.05, 4.69) is 242 Å². The molecule has 1 aromatic heterocycles. The zero-order valence-electron chi connectivity index (χ0n) is 36.0. The Morgan fingerprint density at radius 2 is 0.906 bits per heavy atom. The maximum Gasteiger partial charge on any atom is 0.0541 e. The van der Waals surface area contributed by atoms with Gasteiger partial charge in [-0.15, -0.1) is 0 Å². The molecule has 2 aliphatic rings. The number of aromatic nitrogens is 1. The summed E-state index contributed by atoms with van der Waals surface area (Å²) in [6.45, 7) is 2.46. The van der Waals surface area contributed by atoms with Crippen molar-refractivity contribution in [1.29, 1.82) is 0 Å². The van der Waals surface area contributed by atoms with Gasteiger partial charge in [-0.3, -0.25) is 0 Å². The van der Waals surface area contributed by atoms with Crippen molar-refractivity contribution in [3.63, 3.8) is 0 Å². The van der Waals surface area contributed by atoms with E-state index < -0.39 is 0 Å². The molecule has 0 spiro atoms. The van der Waals surface area contributed by atoms with Crippen LogP contribution in [0, 0.1) is 0 Å². The Balaban J connectivity index is 0.977. The molecule has 12 rings (SSSR count). The van der Waals surface area contributed by atoms with E-state index in [1.165, 1.54) is 99.7 Å². The summed E-state index contributed by atoms with van der Waals surface area (Å²) in [6, 6.07) is 80.9. The molecule has 0 bridgehead atoms. The van der Waals surface area contributed by atoms with Crippen LogP contribution in [-0.4, -0.2) is 4.57 Å². The Morgan fingerprint density at radius 1 is 0.406 bits per heavy atom. The quantitative estimate of drug-likeness (QED) is 0.151. The van der Waals surface area contributed by atoms with E-state index in [1.807, 2.05) is 0 Å². The molecule has 1 heteroatoms. The zero-order chi connectivity index (χ0) is 42.6. The van der Waals surface area contributed by atoms with E-state index in [4.69, 9.17) is 0 Å². The van der Waals surface area contributed by atoms with E-state index >= 15 is 0 Å². The van der Waals surface area contributed by atoms with Crippen LogP contribution in [0.3, 0.4) is 0 Å². The first-order chi connectivity index (χ1) is 31.6. The minimum absolute atomic E-state index is 0.287. The van der Waals surface area contributed by atoms with E-state index in [0.717, 1.165) is 18.5 Å². The molecule has 1 heterocycles. The lowest BCUT2D eigenvalue weighted by Gasteiger charge is -2.37. The van der Waals surface area contributed by atoms with Crippen molar-refractivity contribution in [2.75, 3.05) is 0 Å². The molecule has 2 aliphatic carbocycles. The Hall–Kier alpha value is -7.74. The normalized spacial score (nSPS) is 15.6. The molecule has 9 aromatic carbocycles. The fourth-order valence-corrected chi connectivity index (χ4v) is 10.8. The summed E-state index contributed by atoms with van der Waals surface area (Å²) in [5.74, 6) is 0.603.